The van der Waals surface area contributed by atoms with Crippen LogP contribution in [0.15, 0.2) is 73.3 Å². The lowest BCUT2D eigenvalue weighted by Gasteiger charge is -2.34. The molecule has 0 aromatic heterocycles. The van der Waals surface area contributed by atoms with Crippen LogP contribution >= 0.6 is 0 Å². The summed E-state index contributed by atoms with van der Waals surface area (Å²) >= 11 is 0. The molecule has 1 unspecified atom stereocenters. The Morgan fingerprint density at radius 2 is 1.05 bits per heavy atom. The van der Waals surface area contributed by atoms with Gasteiger partial charge in [-0.15, -0.1) is 6.58 Å². The van der Waals surface area contributed by atoms with Gasteiger partial charge in [0, 0.05) is 12.7 Å². The Hall–Kier alpha value is -1.68. The topological polar surface area (TPSA) is 18.5 Å². The standard InChI is InChI=1S/C34H54O2Si/c1-4-6-7-8-9-10-11-12-13-14-15-16-17-18-25-31-35-37(36-32(3)26-5-2,33-27-21-19-22-28-33)34-29-23-20-24-30-34/h5,19-24,27-30,32H,2,4,6-18,25-26,31H2,1,3H3. The van der Waals surface area contributed by atoms with Crippen molar-refractivity contribution < 1.29 is 8.85 Å². The van der Waals surface area contributed by atoms with Crippen molar-refractivity contribution in [1.82, 2.24) is 0 Å². The lowest BCUT2D eigenvalue weighted by atomic mass is 10.0. The van der Waals surface area contributed by atoms with Gasteiger partial charge in [0.15, 0.2) is 0 Å². The van der Waals surface area contributed by atoms with Crippen LogP contribution in [0.5, 0.6) is 0 Å². The van der Waals surface area contributed by atoms with Gasteiger partial charge in [-0.2, -0.15) is 0 Å². The lowest BCUT2D eigenvalue weighted by Crippen LogP contribution is -2.64. The minimum atomic E-state index is -2.80. The van der Waals surface area contributed by atoms with Gasteiger partial charge in [-0.1, -0.05) is 164 Å². The lowest BCUT2D eigenvalue weighted by molar-refractivity contribution is 0.141. The fraction of sp³-hybridized carbons (Fsp3) is 0.588. The molecule has 2 aromatic carbocycles. The highest BCUT2D eigenvalue weighted by Gasteiger charge is 2.43. The number of hydrogen-bond donors (Lipinski definition) is 0. The first kappa shape index (κ1) is 31.5. The van der Waals surface area contributed by atoms with Gasteiger partial charge in [-0.05, 0) is 30.1 Å². The summed E-state index contributed by atoms with van der Waals surface area (Å²) in [5.74, 6) is 0. The van der Waals surface area contributed by atoms with E-state index in [-0.39, 0.29) is 6.10 Å². The van der Waals surface area contributed by atoms with Crippen LogP contribution in [-0.2, 0) is 8.85 Å². The van der Waals surface area contributed by atoms with Crippen LogP contribution in [0.25, 0.3) is 0 Å². The minimum Gasteiger partial charge on any atom is -0.388 e. The third kappa shape index (κ3) is 12.6. The van der Waals surface area contributed by atoms with Crippen molar-refractivity contribution in [3.05, 3.63) is 73.3 Å². The average molecular weight is 523 g/mol. The number of benzene rings is 2. The van der Waals surface area contributed by atoms with E-state index in [9.17, 15) is 0 Å². The van der Waals surface area contributed by atoms with Gasteiger partial charge in [0.1, 0.15) is 0 Å². The third-order valence-electron chi connectivity index (χ3n) is 7.23. The Kier molecular flexibility index (Phi) is 17.3. The first-order valence-electron chi connectivity index (χ1n) is 15.3. The van der Waals surface area contributed by atoms with Crippen LogP contribution in [-0.4, -0.2) is 21.3 Å². The maximum Gasteiger partial charge on any atom is 0.407 e. The van der Waals surface area contributed by atoms with E-state index in [0.717, 1.165) is 19.4 Å². The zero-order valence-electron chi connectivity index (χ0n) is 24.0. The average Bonchev–Trinajstić information content (AvgIpc) is 2.93. The molecule has 0 saturated heterocycles. The zero-order valence-corrected chi connectivity index (χ0v) is 25.0. The number of hydrogen-bond acceptors (Lipinski definition) is 2. The van der Waals surface area contributed by atoms with Crippen molar-refractivity contribution in [2.24, 2.45) is 0 Å². The summed E-state index contributed by atoms with van der Waals surface area (Å²) in [5, 5.41) is 2.36. The third-order valence-corrected chi connectivity index (χ3v) is 10.8. The Labute approximate surface area is 230 Å². The minimum absolute atomic E-state index is 0.0608. The summed E-state index contributed by atoms with van der Waals surface area (Å²) in [6.07, 6.45) is 23.4. The predicted octanol–water partition coefficient (Wildman–Crippen LogP) is 9.11. The molecule has 0 aliphatic rings. The first-order chi connectivity index (χ1) is 18.2. The molecule has 2 rings (SSSR count). The molecule has 0 bridgehead atoms. The highest BCUT2D eigenvalue weighted by Crippen LogP contribution is 2.17. The monoisotopic (exact) mass is 522 g/mol. The normalized spacial score (nSPS) is 12.5. The van der Waals surface area contributed by atoms with Crippen molar-refractivity contribution in [3.63, 3.8) is 0 Å². The van der Waals surface area contributed by atoms with E-state index in [1.807, 2.05) is 6.08 Å². The van der Waals surface area contributed by atoms with Gasteiger partial charge in [-0.25, -0.2) is 0 Å². The summed E-state index contributed by atoms with van der Waals surface area (Å²) in [4.78, 5) is 0. The Balaban J connectivity index is 1.73. The molecule has 37 heavy (non-hydrogen) atoms. The molecule has 0 spiro atoms. The fourth-order valence-corrected chi connectivity index (χ4v) is 8.44. The summed E-state index contributed by atoms with van der Waals surface area (Å²) in [6, 6.07) is 21.2. The van der Waals surface area contributed by atoms with E-state index in [0.29, 0.717) is 0 Å². The van der Waals surface area contributed by atoms with Crippen LogP contribution in [0.3, 0.4) is 0 Å². The summed E-state index contributed by atoms with van der Waals surface area (Å²) in [7, 11) is -2.80. The van der Waals surface area contributed by atoms with Gasteiger partial charge in [0.2, 0.25) is 0 Å². The van der Waals surface area contributed by atoms with E-state index in [1.54, 1.807) is 0 Å². The molecule has 2 aromatic rings. The van der Waals surface area contributed by atoms with Gasteiger partial charge in [-0.3, -0.25) is 0 Å². The summed E-state index contributed by atoms with van der Waals surface area (Å²) < 4.78 is 13.6. The molecule has 0 saturated carbocycles. The second-order valence-corrected chi connectivity index (χ2v) is 13.5. The molecule has 0 fully saturated rings. The molecule has 0 N–H and O–H groups in total. The van der Waals surface area contributed by atoms with Crippen LogP contribution in [0.2, 0.25) is 0 Å². The van der Waals surface area contributed by atoms with Crippen molar-refractivity contribution in [1.29, 1.82) is 0 Å². The van der Waals surface area contributed by atoms with E-state index in [4.69, 9.17) is 8.85 Å². The Morgan fingerprint density at radius 3 is 1.46 bits per heavy atom. The molecule has 1 atom stereocenters. The largest absolute Gasteiger partial charge is 0.407 e. The summed E-state index contributed by atoms with van der Waals surface area (Å²) in [5.41, 5.74) is 0. The van der Waals surface area contributed by atoms with Gasteiger partial charge in [0.05, 0.1) is 0 Å². The van der Waals surface area contributed by atoms with Crippen molar-refractivity contribution in [2.45, 2.75) is 123 Å². The molecular weight excluding hydrogens is 468 g/mol. The van der Waals surface area contributed by atoms with Gasteiger partial charge in [0.25, 0.3) is 0 Å². The maximum absolute atomic E-state index is 6.82. The maximum atomic E-state index is 6.82. The zero-order chi connectivity index (χ0) is 26.4. The quantitative estimate of drug-likeness (QED) is 0.0823. The first-order valence-corrected chi connectivity index (χ1v) is 17.1. The van der Waals surface area contributed by atoms with Crippen molar-refractivity contribution >= 4 is 18.9 Å². The van der Waals surface area contributed by atoms with E-state index in [1.165, 1.54) is 100 Å². The molecular formula is C34H54O2Si. The summed E-state index contributed by atoms with van der Waals surface area (Å²) in [6.45, 7) is 9.09. The second-order valence-electron chi connectivity index (χ2n) is 10.6. The molecule has 0 aliphatic heterocycles. The SMILES string of the molecule is C=CCC(C)O[Si](OCCCCCCCCCCCCCCCCC)(c1ccccc1)c1ccccc1. The smallest absolute Gasteiger partial charge is 0.388 e. The molecule has 0 radical (unpaired) electrons. The molecule has 206 valence electrons. The van der Waals surface area contributed by atoms with Crippen LogP contribution in [0.1, 0.15) is 117 Å². The van der Waals surface area contributed by atoms with Gasteiger partial charge >= 0.3 is 8.56 Å². The predicted molar refractivity (Wildman–Crippen MR) is 164 cm³/mol. The molecule has 2 nitrogen and oxygen atoms in total. The van der Waals surface area contributed by atoms with Crippen molar-refractivity contribution in [3.8, 4) is 0 Å². The fourth-order valence-electron chi connectivity index (χ4n) is 5.07. The van der Waals surface area contributed by atoms with Gasteiger partial charge < -0.3 is 8.85 Å². The Bertz CT molecular complexity index is 752. The molecule has 0 heterocycles. The Morgan fingerprint density at radius 1 is 0.649 bits per heavy atom. The number of unbranched alkanes of at least 4 members (excludes halogenated alkanes) is 14. The van der Waals surface area contributed by atoms with Crippen LogP contribution in [0, 0.1) is 0 Å². The highest BCUT2D eigenvalue weighted by molar-refractivity contribution is 6.92. The van der Waals surface area contributed by atoms with Crippen molar-refractivity contribution in [2.75, 3.05) is 6.61 Å². The van der Waals surface area contributed by atoms with Crippen LogP contribution in [0.4, 0.5) is 0 Å². The molecule has 0 amide bonds. The van der Waals surface area contributed by atoms with E-state index >= 15 is 0 Å². The van der Waals surface area contributed by atoms with Crippen LogP contribution < -0.4 is 10.4 Å². The number of rotatable bonds is 23. The van der Waals surface area contributed by atoms with E-state index in [2.05, 4.69) is 81.1 Å². The highest BCUT2D eigenvalue weighted by atomic mass is 28.4. The molecule has 0 aliphatic carbocycles. The van der Waals surface area contributed by atoms with E-state index < -0.39 is 8.56 Å². The second kappa shape index (κ2) is 20.3. The molecule has 3 heteroatoms.